The minimum atomic E-state index is -0.169. The first-order valence-electron chi connectivity index (χ1n) is 9.52. The van der Waals surface area contributed by atoms with E-state index in [1.54, 1.807) is 30.7 Å². The third-order valence-corrected chi connectivity index (χ3v) is 5.13. The Labute approximate surface area is 169 Å². The lowest BCUT2D eigenvalue weighted by Crippen LogP contribution is -2.37. The monoisotopic (exact) mass is 389 g/mol. The van der Waals surface area contributed by atoms with Gasteiger partial charge in [-0.3, -0.25) is 9.78 Å². The minimum Gasteiger partial charge on any atom is -0.481 e. The second-order valence-corrected chi connectivity index (χ2v) is 7.99. The van der Waals surface area contributed by atoms with E-state index in [9.17, 15) is 4.79 Å². The van der Waals surface area contributed by atoms with Crippen molar-refractivity contribution in [1.82, 2.24) is 25.3 Å². The number of pyridine rings is 2. The number of methoxy groups -OCH3 is 1. The Morgan fingerprint density at radius 2 is 1.97 bits per heavy atom. The topological polar surface area (TPSA) is 89.9 Å². The minimum absolute atomic E-state index is 0.00471. The molecule has 0 saturated carbocycles. The summed E-state index contributed by atoms with van der Waals surface area (Å²) in [5, 5.41) is 3.15. The highest BCUT2D eigenvalue weighted by molar-refractivity contribution is 5.94. The van der Waals surface area contributed by atoms with Crippen LogP contribution < -0.4 is 10.1 Å². The van der Waals surface area contributed by atoms with Crippen LogP contribution in [0.3, 0.4) is 0 Å². The lowest BCUT2D eigenvalue weighted by atomic mass is 9.74. The Balaban J connectivity index is 1.64. The average molecular weight is 389 g/mol. The van der Waals surface area contributed by atoms with E-state index in [-0.39, 0.29) is 17.4 Å². The highest BCUT2D eigenvalue weighted by Crippen LogP contribution is 2.40. The Bertz CT molecular complexity index is 1040. The molecule has 0 radical (unpaired) electrons. The lowest BCUT2D eigenvalue weighted by Gasteiger charge is -2.36. The predicted molar refractivity (Wildman–Crippen MR) is 108 cm³/mol. The molecule has 0 fully saturated rings. The van der Waals surface area contributed by atoms with Crippen LogP contribution in [0.25, 0.3) is 11.4 Å². The van der Waals surface area contributed by atoms with E-state index in [1.165, 1.54) is 7.11 Å². The van der Waals surface area contributed by atoms with Gasteiger partial charge in [-0.1, -0.05) is 13.8 Å². The summed E-state index contributed by atoms with van der Waals surface area (Å²) >= 11 is 0. The molecular weight excluding hydrogens is 366 g/mol. The molecule has 1 aliphatic carbocycles. The Morgan fingerprint density at radius 3 is 2.72 bits per heavy atom. The molecule has 7 heteroatoms. The van der Waals surface area contributed by atoms with E-state index >= 15 is 0 Å². The summed E-state index contributed by atoms with van der Waals surface area (Å²) in [5.74, 6) is 0.915. The average Bonchev–Trinajstić information content (AvgIpc) is 2.73. The van der Waals surface area contributed by atoms with E-state index in [0.29, 0.717) is 17.3 Å². The van der Waals surface area contributed by atoms with Gasteiger partial charge in [-0.05, 0) is 36.5 Å². The number of hydrogen-bond donors (Lipinski definition) is 1. The van der Waals surface area contributed by atoms with Crippen molar-refractivity contribution < 1.29 is 9.53 Å². The molecular formula is C22H23N5O2. The molecule has 0 aliphatic heterocycles. The van der Waals surface area contributed by atoms with Crippen LogP contribution in [0.15, 0.2) is 49.1 Å². The maximum Gasteiger partial charge on any atom is 0.252 e. The molecule has 3 heterocycles. The zero-order chi connectivity index (χ0) is 20.4. The van der Waals surface area contributed by atoms with Crippen LogP contribution in [0, 0.1) is 5.41 Å². The molecule has 3 aromatic rings. The van der Waals surface area contributed by atoms with E-state index < -0.39 is 0 Å². The summed E-state index contributed by atoms with van der Waals surface area (Å²) in [6, 6.07) is 6.94. The Hall–Kier alpha value is -3.35. The predicted octanol–water partition coefficient (Wildman–Crippen LogP) is 3.39. The van der Waals surface area contributed by atoms with Crippen LogP contribution in [0.2, 0.25) is 0 Å². The van der Waals surface area contributed by atoms with Gasteiger partial charge in [-0.2, -0.15) is 0 Å². The van der Waals surface area contributed by atoms with Gasteiger partial charge in [0.25, 0.3) is 5.91 Å². The van der Waals surface area contributed by atoms with Crippen LogP contribution in [0.1, 0.15) is 47.9 Å². The highest BCUT2D eigenvalue weighted by atomic mass is 16.5. The summed E-state index contributed by atoms with van der Waals surface area (Å²) in [5.41, 5.74) is 3.38. The normalized spacial score (nSPS) is 17.3. The summed E-state index contributed by atoms with van der Waals surface area (Å²) in [7, 11) is 1.53. The van der Waals surface area contributed by atoms with Crippen molar-refractivity contribution in [3.8, 4) is 17.3 Å². The summed E-state index contributed by atoms with van der Waals surface area (Å²) < 4.78 is 5.12. The van der Waals surface area contributed by atoms with E-state index in [2.05, 4.69) is 34.1 Å². The van der Waals surface area contributed by atoms with E-state index in [4.69, 9.17) is 9.72 Å². The number of nitrogens with zero attached hydrogens (tertiary/aromatic N) is 4. The van der Waals surface area contributed by atoms with Crippen LogP contribution >= 0.6 is 0 Å². The molecule has 1 amide bonds. The Kier molecular flexibility index (Phi) is 4.96. The van der Waals surface area contributed by atoms with Crippen molar-refractivity contribution in [3.05, 3.63) is 65.9 Å². The zero-order valence-electron chi connectivity index (χ0n) is 16.7. The molecule has 4 rings (SSSR count). The van der Waals surface area contributed by atoms with Crippen LogP contribution in [-0.2, 0) is 6.42 Å². The van der Waals surface area contributed by atoms with Crippen molar-refractivity contribution in [1.29, 1.82) is 0 Å². The number of rotatable bonds is 4. The first kappa shape index (κ1) is 19.0. The highest BCUT2D eigenvalue weighted by Gasteiger charge is 2.34. The number of fused-ring (bicyclic) bond motifs is 1. The van der Waals surface area contributed by atoms with Gasteiger partial charge in [0.1, 0.15) is 0 Å². The number of aromatic nitrogens is 4. The van der Waals surface area contributed by atoms with Gasteiger partial charge in [-0.25, -0.2) is 15.0 Å². The van der Waals surface area contributed by atoms with Crippen molar-refractivity contribution in [2.75, 3.05) is 7.11 Å². The third-order valence-electron chi connectivity index (χ3n) is 5.13. The molecule has 1 aliphatic rings. The maximum absolute atomic E-state index is 12.8. The quantitative estimate of drug-likeness (QED) is 0.736. The fourth-order valence-electron chi connectivity index (χ4n) is 3.72. The second kappa shape index (κ2) is 7.58. The number of hydrogen-bond acceptors (Lipinski definition) is 6. The van der Waals surface area contributed by atoms with E-state index in [0.717, 1.165) is 29.7 Å². The smallest absolute Gasteiger partial charge is 0.252 e. The van der Waals surface area contributed by atoms with Gasteiger partial charge in [0.05, 0.1) is 18.8 Å². The van der Waals surface area contributed by atoms with E-state index in [1.807, 2.05) is 18.3 Å². The summed E-state index contributed by atoms with van der Waals surface area (Å²) in [4.78, 5) is 30.3. The number of carbonyl (C=O) groups excluding carboxylic acids is 1. The molecule has 1 atom stereocenters. The van der Waals surface area contributed by atoms with Gasteiger partial charge >= 0.3 is 0 Å². The zero-order valence-corrected chi connectivity index (χ0v) is 16.7. The van der Waals surface area contributed by atoms with Crippen molar-refractivity contribution >= 4 is 5.91 Å². The molecule has 148 valence electrons. The second-order valence-electron chi connectivity index (χ2n) is 7.99. The van der Waals surface area contributed by atoms with Gasteiger partial charge in [0, 0.05) is 47.5 Å². The molecule has 7 nitrogen and oxygen atoms in total. The molecule has 0 aromatic carbocycles. The number of carbonyl (C=O) groups is 1. The lowest BCUT2D eigenvalue weighted by molar-refractivity contribution is 0.0918. The molecule has 0 unspecified atom stereocenters. The third kappa shape index (κ3) is 4.08. The fourth-order valence-corrected chi connectivity index (χ4v) is 3.72. The Morgan fingerprint density at radius 1 is 1.17 bits per heavy atom. The molecule has 0 spiro atoms. The SMILES string of the molecule is COc1cc(C(=O)N[C@@H]2CC(C)(C)Cc3nc(-c4ccncc4)ncc32)ccn1. The van der Waals surface area contributed by atoms with Gasteiger partial charge in [0.2, 0.25) is 5.88 Å². The van der Waals surface area contributed by atoms with Crippen molar-refractivity contribution in [2.24, 2.45) is 5.41 Å². The number of amides is 1. The molecule has 3 aromatic heterocycles. The van der Waals surface area contributed by atoms with Crippen molar-refractivity contribution in [2.45, 2.75) is 32.7 Å². The molecule has 0 saturated heterocycles. The number of nitrogens with one attached hydrogen (secondary N) is 1. The standard InChI is InChI=1S/C22H23N5O2/c1-22(2)11-17-16(13-25-20(26-17)14-4-7-23-8-5-14)18(12-22)27-21(28)15-6-9-24-19(10-15)29-3/h4-10,13,18H,11-12H2,1-3H3,(H,27,28)/t18-/m1/s1. The largest absolute Gasteiger partial charge is 0.481 e. The van der Waals surface area contributed by atoms with Crippen LogP contribution in [-0.4, -0.2) is 33.0 Å². The summed E-state index contributed by atoms with van der Waals surface area (Å²) in [6.07, 6.45) is 8.51. The van der Waals surface area contributed by atoms with Crippen LogP contribution in [0.5, 0.6) is 5.88 Å². The van der Waals surface area contributed by atoms with Crippen molar-refractivity contribution in [3.63, 3.8) is 0 Å². The molecule has 0 bridgehead atoms. The molecule has 1 N–H and O–H groups in total. The number of ether oxygens (including phenoxy) is 1. The molecule has 29 heavy (non-hydrogen) atoms. The fraction of sp³-hybridized carbons (Fsp3) is 0.318. The van der Waals surface area contributed by atoms with Crippen LogP contribution in [0.4, 0.5) is 0 Å². The summed E-state index contributed by atoms with van der Waals surface area (Å²) in [6.45, 7) is 4.39. The maximum atomic E-state index is 12.8. The van der Waals surface area contributed by atoms with Gasteiger partial charge in [0.15, 0.2) is 5.82 Å². The van der Waals surface area contributed by atoms with Gasteiger partial charge in [-0.15, -0.1) is 0 Å². The first-order chi connectivity index (χ1) is 13.9. The van der Waals surface area contributed by atoms with Gasteiger partial charge < -0.3 is 10.1 Å². The first-order valence-corrected chi connectivity index (χ1v) is 9.52.